The van der Waals surface area contributed by atoms with E-state index in [1.165, 1.54) is 12.1 Å². The minimum Gasteiger partial charge on any atom is -0.293 e. The molecule has 0 bridgehead atoms. The molecule has 9 heteroatoms. The molecule has 0 heterocycles. The Hall–Kier alpha value is -1.90. The largest absolute Gasteiger partial charge is 0.416 e. The fraction of sp³-hybridized carbons (Fsp3) is 0.188. The first kappa shape index (κ1) is 19.4. The number of halogens is 4. The summed E-state index contributed by atoms with van der Waals surface area (Å²) in [6.07, 6.45) is -4.50. The predicted octanol–water partition coefficient (Wildman–Crippen LogP) is 3.61. The Balaban J connectivity index is 2.05. The van der Waals surface area contributed by atoms with E-state index < -0.39 is 34.1 Å². The third kappa shape index (κ3) is 5.04. The number of carbonyl (C=O) groups is 1. The van der Waals surface area contributed by atoms with Gasteiger partial charge in [0.05, 0.1) is 17.0 Å². The first-order valence-electron chi connectivity index (χ1n) is 6.98. The van der Waals surface area contributed by atoms with Crippen LogP contribution in [0.2, 0.25) is 0 Å². The molecular formula is C16H13ClF3NO3S. The van der Waals surface area contributed by atoms with Crippen molar-refractivity contribution in [2.24, 2.45) is 0 Å². The number of benzene rings is 2. The predicted molar refractivity (Wildman–Crippen MR) is 87.0 cm³/mol. The molecular weight excluding hydrogens is 379 g/mol. The minimum atomic E-state index is -4.50. The van der Waals surface area contributed by atoms with Crippen molar-refractivity contribution in [1.82, 2.24) is 4.72 Å². The van der Waals surface area contributed by atoms with E-state index in [0.717, 1.165) is 29.8 Å². The highest BCUT2D eigenvalue weighted by Gasteiger charge is 2.30. The third-order valence-corrected chi connectivity index (χ3v) is 5.07. The third-order valence-electron chi connectivity index (χ3n) is 3.34. The molecule has 0 aromatic heterocycles. The van der Waals surface area contributed by atoms with Crippen molar-refractivity contribution in [2.75, 3.05) is 6.54 Å². The van der Waals surface area contributed by atoms with Crippen molar-refractivity contribution in [3.8, 4) is 0 Å². The minimum absolute atomic E-state index is 0.0202. The van der Waals surface area contributed by atoms with Crippen molar-refractivity contribution in [1.29, 1.82) is 0 Å². The lowest BCUT2D eigenvalue weighted by Gasteiger charge is -2.09. The number of Topliss-reactive ketones (excluding diaryl/α,β-unsaturated/α-hetero) is 1. The molecule has 0 fully saturated rings. The van der Waals surface area contributed by atoms with Gasteiger partial charge in [-0.2, -0.15) is 13.2 Å². The van der Waals surface area contributed by atoms with Gasteiger partial charge >= 0.3 is 6.18 Å². The van der Waals surface area contributed by atoms with Crippen molar-refractivity contribution in [2.45, 2.75) is 17.0 Å². The Morgan fingerprint density at radius 3 is 2.04 bits per heavy atom. The maximum atomic E-state index is 12.5. The van der Waals surface area contributed by atoms with E-state index in [2.05, 4.69) is 4.72 Å². The molecule has 0 amide bonds. The summed E-state index contributed by atoms with van der Waals surface area (Å²) in [6.45, 7) is -0.565. The van der Waals surface area contributed by atoms with Crippen LogP contribution in [0.1, 0.15) is 21.5 Å². The summed E-state index contributed by atoms with van der Waals surface area (Å²) in [5.74, 6) is -0.408. The van der Waals surface area contributed by atoms with Crippen LogP contribution < -0.4 is 4.72 Å². The van der Waals surface area contributed by atoms with E-state index in [4.69, 9.17) is 11.6 Å². The van der Waals surface area contributed by atoms with Gasteiger partial charge in [0.2, 0.25) is 10.0 Å². The van der Waals surface area contributed by atoms with E-state index in [0.29, 0.717) is 0 Å². The molecule has 0 saturated heterocycles. The number of hydrogen-bond acceptors (Lipinski definition) is 3. The molecule has 0 saturated carbocycles. The van der Waals surface area contributed by atoms with Gasteiger partial charge in [-0.25, -0.2) is 13.1 Å². The van der Waals surface area contributed by atoms with Gasteiger partial charge in [-0.3, -0.25) is 4.79 Å². The van der Waals surface area contributed by atoms with Crippen LogP contribution in [0.15, 0.2) is 53.4 Å². The lowest BCUT2D eigenvalue weighted by atomic mass is 10.1. The highest BCUT2D eigenvalue weighted by molar-refractivity contribution is 7.89. The molecule has 25 heavy (non-hydrogen) atoms. The number of rotatable bonds is 6. The van der Waals surface area contributed by atoms with Crippen LogP contribution in [0.25, 0.3) is 0 Å². The van der Waals surface area contributed by atoms with Gasteiger partial charge in [0, 0.05) is 11.4 Å². The van der Waals surface area contributed by atoms with Crippen molar-refractivity contribution in [3.63, 3.8) is 0 Å². The highest BCUT2D eigenvalue weighted by Crippen LogP contribution is 2.29. The standard InChI is InChI=1S/C16H13ClF3NO3S/c17-9-11-1-7-14(8-2-11)25(23,24)21-10-15(22)12-3-5-13(6-4-12)16(18,19)20/h1-8,21H,9-10H2. The summed E-state index contributed by atoms with van der Waals surface area (Å²) in [7, 11) is -3.91. The zero-order chi connectivity index (χ0) is 18.7. The fourth-order valence-electron chi connectivity index (χ4n) is 1.95. The van der Waals surface area contributed by atoms with Gasteiger partial charge in [0.15, 0.2) is 5.78 Å². The zero-order valence-corrected chi connectivity index (χ0v) is 14.3. The molecule has 2 rings (SSSR count). The summed E-state index contributed by atoms with van der Waals surface area (Å²) in [5.41, 5.74) is -0.168. The smallest absolute Gasteiger partial charge is 0.293 e. The van der Waals surface area contributed by atoms with Crippen LogP contribution in [-0.4, -0.2) is 20.7 Å². The number of carbonyl (C=O) groups excluding carboxylic acids is 1. The normalized spacial score (nSPS) is 12.2. The molecule has 0 aliphatic rings. The van der Waals surface area contributed by atoms with Crippen molar-refractivity contribution >= 4 is 27.4 Å². The van der Waals surface area contributed by atoms with E-state index >= 15 is 0 Å². The van der Waals surface area contributed by atoms with Gasteiger partial charge < -0.3 is 0 Å². The first-order chi connectivity index (χ1) is 11.6. The maximum Gasteiger partial charge on any atom is 0.416 e. The van der Waals surface area contributed by atoms with Gasteiger partial charge in [0.1, 0.15) is 0 Å². The fourth-order valence-corrected chi connectivity index (χ4v) is 3.11. The van der Waals surface area contributed by atoms with Crippen LogP contribution in [0.5, 0.6) is 0 Å². The SMILES string of the molecule is O=C(CNS(=O)(=O)c1ccc(CCl)cc1)c1ccc(C(F)(F)F)cc1. The lowest BCUT2D eigenvalue weighted by molar-refractivity contribution is -0.137. The van der Waals surface area contributed by atoms with E-state index in [1.54, 1.807) is 12.1 Å². The van der Waals surface area contributed by atoms with Crippen LogP contribution >= 0.6 is 11.6 Å². The van der Waals surface area contributed by atoms with Crippen LogP contribution in [-0.2, 0) is 22.1 Å². The van der Waals surface area contributed by atoms with E-state index in [-0.39, 0.29) is 16.3 Å². The Kier molecular flexibility index (Phi) is 5.87. The first-order valence-corrected chi connectivity index (χ1v) is 9.00. The van der Waals surface area contributed by atoms with Crippen LogP contribution in [0.3, 0.4) is 0 Å². The molecule has 1 N–H and O–H groups in total. The quantitative estimate of drug-likeness (QED) is 0.604. The van der Waals surface area contributed by atoms with Crippen molar-refractivity contribution < 1.29 is 26.4 Å². The summed E-state index contributed by atoms with van der Waals surface area (Å²) >= 11 is 5.62. The second-order valence-electron chi connectivity index (χ2n) is 5.10. The van der Waals surface area contributed by atoms with Gasteiger partial charge in [-0.15, -0.1) is 11.6 Å². The molecule has 0 aliphatic carbocycles. The Morgan fingerprint density at radius 2 is 1.56 bits per heavy atom. The molecule has 0 radical (unpaired) electrons. The molecule has 0 aliphatic heterocycles. The molecule has 134 valence electrons. The molecule has 2 aromatic rings. The summed E-state index contributed by atoms with van der Waals surface area (Å²) in [6, 6.07) is 9.34. The summed E-state index contributed by atoms with van der Waals surface area (Å²) < 4.78 is 63.8. The molecule has 0 atom stereocenters. The van der Waals surface area contributed by atoms with Crippen LogP contribution in [0, 0.1) is 0 Å². The Labute approximate surface area is 147 Å². The summed E-state index contributed by atoms with van der Waals surface area (Å²) in [4.78, 5) is 11.9. The number of sulfonamides is 1. The van der Waals surface area contributed by atoms with Gasteiger partial charge in [0.25, 0.3) is 0 Å². The van der Waals surface area contributed by atoms with E-state index in [9.17, 15) is 26.4 Å². The van der Waals surface area contributed by atoms with E-state index in [1.807, 2.05) is 0 Å². The molecule has 0 spiro atoms. The number of ketones is 1. The topological polar surface area (TPSA) is 63.2 Å². The average molecular weight is 392 g/mol. The monoisotopic (exact) mass is 391 g/mol. The maximum absolute atomic E-state index is 12.5. The average Bonchev–Trinajstić information content (AvgIpc) is 2.59. The van der Waals surface area contributed by atoms with Gasteiger partial charge in [-0.05, 0) is 29.8 Å². The highest BCUT2D eigenvalue weighted by atomic mass is 35.5. The number of nitrogens with one attached hydrogen (secondary N) is 1. The number of alkyl halides is 4. The molecule has 2 aromatic carbocycles. The summed E-state index contributed by atoms with van der Waals surface area (Å²) in [5, 5.41) is 0. The second kappa shape index (κ2) is 7.55. The lowest BCUT2D eigenvalue weighted by Crippen LogP contribution is -2.29. The molecule has 0 unspecified atom stereocenters. The number of hydrogen-bond donors (Lipinski definition) is 1. The van der Waals surface area contributed by atoms with Crippen molar-refractivity contribution in [3.05, 3.63) is 65.2 Å². The zero-order valence-electron chi connectivity index (χ0n) is 12.7. The Bertz CT molecular complexity index is 848. The van der Waals surface area contributed by atoms with Gasteiger partial charge in [-0.1, -0.05) is 24.3 Å². The Morgan fingerprint density at radius 1 is 1.00 bits per heavy atom. The molecule has 4 nitrogen and oxygen atoms in total. The van der Waals surface area contributed by atoms with Crippen LogP contribution in [0.4, 0.5) is 13.2 Å². The second-order valence-corrected chi connectivity index (χ2v) is 7.13.